The van der Waals surface area contributed by atoms with Gasteiger partial charge >= 0.3 is 6.18 Å². The molecule has 100 valence electrons. The van der Waals surface area contributed by atoms with E-state index in [1.165, 1.54) is 0 Å². The third kappa shape index (κ3) is 6.02. The van der Waals surface area contributed by atoms with E-state index in [-0.39, 0.29) is 13.0 Å². The van der Waals surface area contributed by atoms with E-state index in [1.54, 1.807) is 24.3 Å². The Morgan fingerprint density at radius 3 is 2.61 bits per heavy atom. The Hall–Kier alpha value is -1.08. The average molecular weight is 326 g/mol. The van der Waals surface area contributed by atoms with Gasteiger partial charge in [0.15, 0.2) is 0 Å². The highest BCUT2D eigenvalue weighted by atomic mass is 79.9. The van der Waals surface area contributed by atoms with E-state index in [0.717, 1.165) is 0 Å². The van der Waals surface area contributed by atoms with Crippen molar-refractivity contribution in [3.05, 3.63) is 28.7 Å². The standard InChI is InChI=1S/C11H11BrF3NO2/c12-8-3-1-2-4-9(8)16-10(17)5-6-18-7-11(13,14)15/h1-4H,5-7H2,(H,16,17). The van der Waals surface area contributed by atoms with Crippen LogP contribution in [0, 0.1) is 0 Å². The van der Waals surface area contributed by atoms with E-state index in [4.69, 9.17) is 0 Å². The van der Waals surface area contributed by atoms with Gasteiger partial charge in [-0.05, 0) is 28.1 Å². The SMILES string of the molecule is O=C(CCOCC(F)(F)F)Nc1ccccc1Br. The number of carbonyl (C=O) groups excluding carboxylic acids is 1. The molecule has 0 saturated heterocycles. The minimum absolute atomic E-state index is 0.128. The number of ether oxygens (including phenoxy) is 1. The fourth-order valence-corrected chi connectivity index (χ4v) is 1.51. The van der Waals surface area contributed by atoms with Crippen LogP contribution in [0.15, 0.2) is 28.7 Å². The topological polar surface area (TPSA) is 38.3 Å². The first-order valence-electron chi connectivity index (χ1n) is 5.07. The van der Waals surface area contributed by atoms with Crippen LogP contribution in [0.2, 0.25) is 0 Å². The highest BCUT2D eigenvalue weighted by Crippen LogP contribution is 2.21. The molecule has 0 aliphatic rings. The Balaban J connectivity index is 2.29. The van der Waals surface area contributed by atoms with Gasteiger partial charge in [0.05, 0.1) is 18.7 Å². The van der Waals surface area contributed by atoms with Gasteiger partial charge in [0.1, 0.15) is 6.61 Å². The van der Waals surface area contributed by atoms with Gasteiger partial charge in [0.25, 0.3) is 0 Å². The van der Waals surface area contributed by atoms with Crippen molar-refractivity contribution >= 4 is 27.5 Å². The molecule has 0 atom stereocenters. The molecule has 0 aliphatic carbocycles. The number of halogens is 4. The Labute approximate surface area is 110 Å². The molecule has 0 aliphatic heterocycles. The van der Waals surface area contributed by atoms with Gasteiger partial charge in [-0.15, -0.1) is 0 Å². The van der Waals surface area contributed by atoms with E-state index in [1.807, 2.05) is 0 Å². The van der Waals surface area contributed by atoms with E-state index in [2.05, 4.69) is 26.0 Å². The summed E-state index contributed by atoms with van der Waals surface area (Å²) >= 11 is 3.24. The Kier molecular flexibility index (Phi) is 5.61. The molecule has 0 fully saturated rings. The van der Waals surface area contributed by atoms with Crippen LogP contribution < -0.4 is 5.32 Å². The van der Waals surface area contributed by atoms with Crippen LogP contribution >= 0.6 is 15.9 Å². The lowest BCUT2D eigenvalue weighted by Gasteiger charge is -2.09. The van der Waals surface area contributed by atoms with Crippen molar-refractivity contribution < 1.29 is 22.7 Å². The Morgan fingerprint density at radius 2 is 2.00 bits per heavy atom. The molecule has 1 N–H and O–H groups in total. The molecular formula is C11H11BrF3NO2. The molecule has 0 bridgehead atoms. The lowest BCUT2D eigenvalue weighted by Crippen LogP contribution is -2.20. The van der Waals surface area contributed by atoms with E-state index in [0.29, 0.717) is 10.2 Å². The first-order chi connectivity index (χ1) is 8.38. The van der Waals surface area contributed by atoms with Gasteiger partial charge in [0, 0.05) is 4.47 Å². The van der Waals surface area contributed by atoms with Gasteiger partial charge < -0.3 is 10.1 Å². The van der Waals surface area contributed by atoms with E-state index >= 15 is 0 Å². The van der Waals surface area contributed by atoms with Crippen molar-refractivity contribution in [2.75, 3.05) is 18.5 Å². The van der Waals surface area contributed by atoms with Gasteiger partial charge in [-0.2, -0.15) is 13.2 Å². The Morgan fingerprint density at radius 1 is 1.33 bits per heavy atom. The number of hydrogen-bond donors (Lipinski definition) is 1. The van der Waals surface area contributed by atoms with Crippen molar-refractivity contribution in [2.24, 2.45) is 0 Å². The molecule has 0 unspecified atom stereocenters. The highest BCUT2D eigenvalue weighted by molar-refractivity contribution is 9.10. The zero-order valence-corrected chi connectivity index (χ0v) is 10.8. The zero-order chi connectivity index (χ0) is 13.6. The molecule has 1 rings (SSSR count). The minimum Gasteiger partial charge on any atom is -0.372 e. The van der Waals surface area contributed by atoms with E-state index < -0.39 is 18.7 Å². The molecule has 18 heavy (non-hydrogen) atoms. The van der Waals surface area contributed by atoms with Gasteiger partial charge in [-0.3, -0.25) is 4.79 Å². The van der Waals surface area contributed by atoms with E-state index in [9.17, 15) is 18.0 Å². The molecule has 0 heterocycles. The smallest absolute Gasteiger partial charge is 0.372 e. The Bertz CT molecular complexity index is 410. The predicted molar refractivity (Wildman–Crippen MR) is 64.3 cm³/mol. The van der Waals surface area contributed by atoms with Crippen LogP contribution in [0.5, 0.6) is 0 Å². The second kappa shape index (κ2) is 6.75. The third-order valence-corrected chi connectivity index (χ3v) is 2.58. The molecule has 0 spiro atoms. The maximum atomic E-state index is 11.7. The number of amides is 1. The highest BCUT2D eigenvalue weighted by Gasteiger charge is 2.27. The molecule has 1 amide bonds. The zero-order valence-electron chi connectivity index (χ0n) is 9.26. The largest absolute Gasteiger partial charge is 0.411 e. The summed E-state index contributed by atoms with van der Waals surface area (Å²) in [5, 5.41) is 2.56. The fraction of sp³-hybridized carbons (Fsp3) is 0.364. The van der Waals surface area contributed by atoms with Crippen LogP contribution in [0.4, 0.5) is 18.9 Å². The number of alkyl halides is 3. The third-order valence-electron chi connectivity index (χ3n) is 1.89. The molecule has 0 saturated carbocycles. The summed E-state index contributed by atoms with van der Waals surface area (Å²) < 4.78 is 40.3. The second-order valence-corrected chi connectivity index (χ2v) is 4.30. The fourth-order valence-electron chi connectivity index (χ4n) is 1.13. The second-order valence-electron chi connectivity index (χ2n) is 3.45. The molecule has 7 heteroatoms. The lowest BCUT2D eigenvalue weighted by molar-refractivity contribution is -0.174. The quantitative estimate of drug-likeness (QED) is 0.843. The molecule has 0 aromatic heterocycles. The molecule has 1 aromatic carbocycles. The number of carbonyl (C=O) groups is 1. The average Bonchev–Trinajstić information content (AvgIpc) is 2.26. The van der Waals surface area contributed by atoms with Gasteiger partial charge in [0.2, 0.25) is 5.91 Å². The van der Waals surface area contributed by atoms with Gasteiger partial charge in [-0.25, -0.2) is 0 Å². The molecular weight excluding hydrogens is 315 g/mol. The molecule has 3 nitrogen and oxygen atoms in total. The number of para-hydroxylation sites is 1. The summed E-state index contributed by atoms with van der Waals surface area (Å²) in [5.74, 6) is -0.399. The summed E-state index contributed by atoms with van der Waals surface area (Å²) in [7, 11) is 0. The summed E-state index contributed by atoms with van der Waals surface area (Å²) in [5.41, 5.74) is 0.568. The van der Waals surface area contributed by atoms with Gasteiger partial charge in [-0.1, -0.05) is 12.1 Å². The van der Waals surface area contributed by atoms with Crippen LogP contribution in [-0.4, -0.2) is 25.3 Å². The normalized spacial score (nSPS) is 11.3. The predicted octanol–water partition coefficient (Wildman–Crippen LogP) is 3.36. The maximum Gasteiger partial charge on any atom is 0.411 e. The summed E-state index contributed by atoms with van der Waals surface area (Å²) in [6.07, 6.45) is -4.49. The van der Waals surface area contributed by atoms with Crippen molar-refractivity contribution in [1.82, 2.24) is 0 Å². The monoisotopic (exact) mass is 325 g/mol. The number of hydrogen-bond acceptors (Lipinski definition) is 2. The maximum absolute atomic E-state index is 11.7. The number of rotatable bonds is 5. The number of benzene rings is 1. The van der Waals surface area contributed by atoms with Crippen molar-refractivity contribution in [2.45, 2.75) is 12.6 Å². The number of nitrogens with one attached hydrogen (secondary N) is 1. The summed E-state index contributed by atoms with van der Waals surface area (Å²) in [6.45, 7) is -1.61. The van der Waals surface area contributed by atoms with Crippen LogP contribution in [0.1, 0.15) is 6.42 Å². The molecule has 1 aromatic rings. The summed E-state index contributed by atoms with van der Waals surface area (Å²) in [4.78, 5) is 11.4. The first kappa shape index (κ1) is 15.0. The number of anilines is 1. The first-order valence-corrected chi connectivity index (χ1v) is 5.86. The van der Waals surface area contributed by atoms with Crippen molar-refractivity contribution in [3.8, 4) is 0 Å². The minimum atomic E-state index is -4.36. The van der Waals surface area contributed by atoms with Crippen molar-refractivity contribution in [3.63, 3.8) is 0 Å². The van der Waals surface area contributed by atoms with Crippen LogP contribution in [0.25, 0.3) is 0 Å². The van der Waals surface area contributed by atoms with Crippen LogP contribution in [0.3, 0.4) is 0 Å². The van der Waals surface area contributed by atoms with Crippen LogP contribution in [-0.2, 0) is 9.53 Å². The summed E-state index contributed by atoms with van der Waals surface area (Å²) in [6, 6.07) is 6.95. The lowest BCUT2D eigenvalue weighted by atomic mass is 10.3. The van der Waals surface area contributed by atoms with Crippen molar-refractivity contribution in [1.29, 1.82) is 0 Å². The molecule has 0 radical (unpaired) electrons.